The molecule has 0 saturated heterocycles. The third-order valence-electron chi connectivity index (χ3n) is 1.44. The molecule has 78 valence electrons. The molecule has 0 aromatic rings. The summed E-state index contributed by atoms with van der Waals surface area (Å²) in [7, 11) is 3.92. The van der Waals surface area contributed by atoms with Gasteiger partial charge in [-0.25, -0.2) is 0 Å². The summed E-state index contributed by atoms with van der Waals surface area (Å²) in [6, 6.07) is 0. The average Bonchev–Trinajstić information content (AvgIpc) is 1.99. The van der Waals surface area contributed by atoms with Crippen molar-refractivity contribution in [2.24, 2.45) is 0 Å². The first-order chi connectivity index (χ1) is 6.06. The Morgan fingerprint density at radius 2 is 2.08 bits per heavy atom. The summed E-state index contributed by atoms with van der Waals surface area (Å²) >= 11 is 0. The molecule has 0 rings (SSSR count). The van der Waals surface area contributed by atoms with E-state index in [0.29, 0.717) is 13.2 Å². The Morgan fingerprint density at radius 3 is 2.46 bits per heavy atom. The number of rotatable bonds is 6. The molecule has 0 aliphatic heterocycles. The topological polar surface area (TPSA) is 38.8 Å². The Bertz CT molecular complexity index is 148. The summed E-state index contributed by atoms with van der Waals surface area (Å²) < 4.78 is 10.3. The minimum atomic E-state index is -0.261. The fourth-order valence-corrected chi connectivity index (χ4v) is 1.01. The third-order valence-corrected chi connectivity index (χ3v) is 1.44. The number of likely N-dealkylation sites (N-methyl/N-ethyl adjacent to an activating group) is 1. The highest BCUT2D eigenvalue weighted by molar-refractivity contribution is 5.65. The van der Waals surface area contributed by atoms with Gasteiger partial charge in [0.15, 0.2) is 0 Å². The number of nitrogens with zero attached hydrogens (tertiary/aromatic N) is 1. The molecule has 0 radical (unpaired) electrons. The number of esters is 1. The maximum absolute atomic E-state index is 10.5. The molecule has 0 bridgehead atoms. The summed E-state index contributed by atoms with van der Waals surface area (Å²) in [5, 5.41) is 0. The quantitative estimate of drug-likeness (QED) is 0.571. The lowest BCUT2D eigenvalue weighted by Gasteiger charge is -2.20. The van der Waals surface area contributed by atoms with Crippen molar-refractivity contribution in [2.45, 2.75) is 20.0 Å². The zero-order chi connectivity index (χ0) is 10.3. The maximum Gasteiger partial charge on any atom is 0.302 e. The van der Waals surface area contributed by atoms with Gasteiger partial charge in [0.25, 0.3) is 0 Å². The van der Waals surface area contributed by atoms with Gasteiger partial charge in [0, 0.05) is 20.1 Å². The molecule has 0 aliphatic rings. The molecule has 0 fully saturated rings. The Labute approximate surface area is 79.8 Å². The lowest BCUT2D eigenvalue weighted by Crippen LogP contribution is -2.32. The minimum absolute atomic E-state index is 0.0242. The van der Waals surface area contributed by atoms with Crippen LogP contribution in [0.4, 0.5) is 0 Å². The predicted molar refractivity (Wildman–Crippen MR) is 50.6 cm³/mol. The van der Waals surface area contributed by atoms with Crippen LogP contribution in [-0.4, -0.2) is 50.8 Å². The van der Waals surface area contributed by atoms with Crippen LogP contribution in [0.3, 0.4) is 0 Å². The number of hydrogen-bond donors (Lipinski definition) is 0. The smallest absolute Gasteiger partial charge is 0.302 e. The van der Waals surface area contributed by atoms with E-state index in [4.69, 9.17) is 9.47 Å². The summed E-state index contributed by atoms with van der Waals surface area (Å²) in [4.78, 5) is 12.6. The molecule has 0 aromatic carbocycles. The van der Waals surface area contributed by atoms with Gasteiger partial charge in [-0.1, -0.05) is 0 Å². The minimum Gasteiger partial charge on any atom is -0.463 e. The second-order valence-electron chi connectivity index (χ2n) is 3.14. The lowest BCUT2D eigenvalue weighted by atomic mass is 10.3. The van der Waals surface area contributed by atoms with Crippen LogP contribution in [0.1, 0.15) is 13.8 Å². The van der Waals surface area contributed by atoms with Gasteiger partial charge in [-0.15, -0.1) is 0 Å². The molecule has 4 heteroatoms. The van der Waals surface area contributed by atoms with Crippen LogP contribution in [-0.2, 0) is 14.3 Å². The summed E-state index contributed by atoms with van der Waals surface area (Å²) in [6.45, 7) is 5.07. The van der Waals surface area contributed by atoms with Gasteiger partial charge in [-0.2, -0.15) is 0 Å². The van der Waals surface area contributed by atoms with Crippen molar-refractivity contribution in [2.75, 3.05) is 33.9 Å². The number of hydrogen-bond acceptors (Lipinski definition) is 4. The Morgan fingerprint density at radius 1 is 1.46 bits per heavy atom. The molecule has 4 nitrogen and oxygen atoms in total. The van der Waals surface area contributed by atoms with Gasteiger partial charge in [0.05, 0.1) is 0 Å². The van der Waals surface area contributed by atoms with E-state index in [1.807, 2.05) is 25.9 Å². The predicted octanol–water partition coefficient (Wildman–Crippen LogP) is 0.516. The van der Waals surface area contributed by atoms with E-state index in [2.05, 4.69) is 0 Å². The zero-order valence-electron chi connectivity index (χ0n) is 8.87. The van der Waals surface area contributed by atoms with E-state index in [9.17, 15) is 4.79 Å². The Balaban J connectivity index is 3.72. The van der Waals surface area contributed by atoms with Crippen LogP contribution in [0.25, 0.3) is 0 Å². The molecule has 0 aromatic heterocycles. The molecule has 1 unspecified atom stereocenters. The molecule has 13 heavy (non-hydrogen) atoms. The van der Waals surface area contributed by atoms with Crippen molar-refractivity contribution in [3.8, 4) is 0 Å². The van der Waals surface area contributed by atoms with Crippen molar-refractivity contribution in [1.82, 2.24) is 4.90 Å². The van der Waals surface area contributed by atoms with Crippen LogP contribution >= 0.6 is 0 Å². The van der Waals surface area contributed by atoms with Gasteiger partial charge in [0.1, 0.15) is 12.7 Å². The first kappa shape index (κ1) is 12.4. The molecule has 0 spiro atoms. The molecule has 0 aliphatic carbocycles. The first-order valence-corrected chi connectivity index (χ1v) is 4.46. The largest absolute Gasteiger partial charge is 0.463 e. The fourth-order valence-electron chi connectivity index (χ4n) is 1.01. The molecular weight excluding hydrogens is 170 g/mol. The van der Waals surface area contributed by atoms with Gasteiger partial charge in [-0.3, -0.25) is 4.79 Å². The van der Waals surface area contributed by atoms with Crippen LogP contribution < -0.4 is 0 Å². The summed E-state index contributed by atoms with van der Waals surface area (Å²) in [6.07, 6.45) is -0.0242. The van der Waals surface area contributed by atoms with E-state index in [-0.39, 0.29) is 12.1 Å². The Kier molecular flexibility index (Phi) is 6.54. The van der Waals surface area contributed by atoms with Crippen molar-refractivity contribution >= 4 is 5.97 Å². The molecule has 0 saturated carbocycles. The second kappa shape index (κ2) is 6.86. The first-order valence-electron chi connectivity index (χ1n) is 4.46. The molecule has 1 atom stereocenters. The molecule has 0 heterocycles. The standard InChI is InChI=1S/C9H19NO3/c1-5-12-9(6-10(3)4)7-13-8(2)11/h9H,5-7H2,1-4H3. The fraction of sp³-hybridized carbons (Fsp3) is 0.889. The van der Waals surface area contributed by atoms with Crippen molar-refractivity contribution in [3.05, 3.63) is 0 Å². The van der Waals surface area contributed by atoms with Crippen LogP contribution in [0.15, 0.2) is 0 Å². The van der Waals surface area contributed by atoms with E-state index < -0.39 is 0 Å². The SMILES string of the molecule is CCOC(COC(C)=O)CN(C)C. The van der Waals surface area contributed by atoms with Crippen LogP contribution in [0.5, 0.6) is 0 Å². The summed E-state index contributed by atoms with van der Waals surface area (Å²) in [5.74, 6) is -0.261. The number of carbonyl (C=O) groups excluding carboxylic acids is 1. The van der Waals surface area contributed by atoms with Gasteiger partial charge in [-0.05, 0) is 21.0 Å². The summed E-state index contributed by atoms with van der Waals surface area (Å²) in [5.41, 5.74) is 0. The highest BCUT2D eigenvalue weighted by atomic mass is 16.6. The zero-order valence-corrected chi connectivity index (χ0v) is 8.87. The molecule has 0 N–H and O–H groups in total. The van der Waals surface area contributed by atoms with Gasteiger partial charge < -0.3 is 14.4 Å². The molecule has 0 amide bonds. The average molecular weight is 189 g/mol. The van der Waals surface area contributed by atoms with Crippen LogP contribution in [0, 0.1) is 0 Å². The number of carbonyl (C=O) groups is 1. The van der Waals surface area contributed by atoms with Crippen molar-refractivity contribution < 1.29 is 14.3 Å². The second-order valence-corrected chi connectivity index (χ2v) is 3.14. The third kappa shape index (κ3) is 7.74. The van der Waals surface area contributed by atoms with E-state index in [1.54, 1.807) is 0 Å². The lowest BCUT2D eigenvalue weighted by molar-refractivity contribution is -0.145. The maximum atomic E-state index is 10.5. The van der Waals surface area contributed by atoms with E-state index in [1.165, 1.54) is 6.92 Å². The monoisotopic (exact) mass is 189 g/mol. The highest BCUT2D eigenvalue weighted by Gasteiger charge is 2.10. The highest BCUT2D eigenvalue weighted by Crippen LogP contribution is 1.95. The normalized spacial score (nSPS) is 13.0. The van der Waals surface area contributed by atoms with E-state index >= 15 is 0 Å². The van der Waals surface area contributed by atoms with Crippen molar-refractivity contribution in [3.63, 3.8) is 0 Å². The van der Waals surface area contributed by atoms with Crippen LogP contribution in [0.2, 0.25) is 0 Å². The Hall–Kier alpha value is -0.610. The number of ether oxygens (including phenoxy) is 2. The molecular formula is C9H19NO3. The van der Waals surface area contributed by atoms with Gasteiger partial charge in [0.2, 0.25) is 0 Å². The van der Waals surface area contributed by atoms with Crippen molar-refractivity contribution in [1.29, 1.82) is 0 Å². The van der Waals surface area contributed by atoms with E-state index in [0.717, 1.165) is 6.54 Å². The van der Waals surface area contributed by atoms with Gasteiger partial charge >= 0.3 is 5.97 Å².